The number of nitrogens with zero attached hydrogens (tertiary/aromatic N) is 2. The third-order valence-corrected chi connectivity index (χ3v) is 3.62. The predicted octanol–water partition coefficient (Wildman–Crippen LogP) is 4.12. The van der Waals surface area contributed by atoms with E-state index in [9.17, 15) is 5.26 Å². The Kier molecular flexibility index (Phi) is 1.93. The average Bonchev–Trinajstić information content (AvgIpc) is 2.81. The first-order chi connectivity index (χ1) is 9.40. The Hall–Kier alpha value is -2.79. The molecular formula is C17H10N2. The lowest BCUT2D eigenvalue weighted by Crippen LogP contribution is -1.87. The van der Waals surface area contributed by atoms with Crippen molar-refractivity contribution >= 4 is 27.3 Å². The highest BCUT2D eigenvalue weighted by Crippen LogP contribution is 2.29. The van der Waals surface area contributed by atoms with Crippen LogP contribution < -0.4 is 0 Å². The number of para-hydroxylation sites is 2. The zero-order valence-electron chi connectivity index (χ0n) is 10.2. The van der Waals surface area contributed by atoms with Crippen molar-refractivity contribution in [3.63, 3.8) is 0 Å². The van der Waals surface area contributed by atoms with Crippen LogP contribution in [0.3, 0.4) is 0 Å². The van der Waals surface area contributed by atoms with Crippen molar-refractivity contribution in [2.75, 3.05) is 0 Å². The van der Waals surface area contributed by atoms with Crippen LogP contribution in [0.25, 0.3) is 27.3 Å². The van der Waals surface area contributed by atoms with Gasteiger partial charge in [-0.15, -0.1) is 0 Å². The van der Waals surface area contributed by atoms with Gasteiger partial charge >= 0.3 is 0 Å². The minimum absolute atomic E-state index is 0.751. The fourth-order valence-electron chi connectivity index (χ4n) is 2.80. The Bertz CT molecular complexity index is 971. The van der Waals surface area contributed by atoms with Crippen LogP contribution in [0.4, 0.5) is 0 Å². The Morgan fingerprint density at radius 1 is 0.737 bits per heavy atom. The number of pyridine rings is 1. The van der Waals surface area contributed by atoms with E-state index in [2.05, 4.69) is 34.7 Å². The summed E-state index contributed by atoms with van der Waals surface area (Å²) in [6, 6.07) is 22.8. The van der Waals surface area contributed by atoms with Crippen LogP contribution in [0.2, 0.25) is 0 Å². The maximum absolute atomic E-state index is 9.43. The van der Waals surface area contributed by atoms with Crippen LogP contribution in [0.15, 0.2) is 60.7 Å². The van der Waals surface area contributed by atoms with Gasteiger partial charge in [-0.2, -0.15) is 5.26 Å². The number of aromatic nitrogens is 1. The Morgan fingerprint density at radius 2 is 1.47 bits per heavy atom. The van der Waals surface area contributed by atoms with Gasteiger partial charge < -0.3 is 4.40 Å². The second kappa shape index (κ2) is 3.60. The molecule has 0 fully saturated rings. The molecular weight excluding hydrogens is 232 g/mol. The normalized spacial score (nSPS) is 11.1. The van der Waals surface area contributed by atoms with Gasteiger partial charge in [0.05, 0.1) is 22.1 Å². The highest BCUT2D eigenvalue weighted by molar-refractivity contribution is 5.99. The maximum Gasteiger partial charge on any atom is 0.102 e. The number of hydrogen-bond acceptors (Lipinski definition) is 1. The van der Waals surface area contributed by atoms with Crippen LogP contribution in [-0.4, -0.2) is 4.40 Å². The highest BCUT2D eigenvalue weighted by Gasteiger charge is 2.12. The van der Waals surface area contributed by atoms with E-state index in [4.69, 9.17) is 0 Å². The van der Waals surface area contributed by atoms with Gasteiger partial charge in [-0.1, -0.05) is 42.5 Å². The molecule has 0 aliphatic carbocycles. The predicted molar refractivity (Wildman–Crippen MR) is 77.1 cm³/mol. The molecule has 0 bridgehead atoms. The molecule has 0 unspecified atom stereocenters. The Labute approximate surface area is 110 Å². The van der Waals surface area contributed by atoms with Gasteiger partial charge in [0.2, 0.25) is 0 Å². The molecule has 19 heavy (non-hydrogen) atoms. The third-order valence-electron chi connectivity index (χ3n) is 3.62. The summed E-state index contributed by atoms with van der Waals surface area (Å²) in [5.41, 5.74) is 3.95. The number of hydrogen-bond donors (Lipinski definition) is 0. The summed E-state index contributed by atoms with van der Waals surface area (Å²) in [7, 11) is 0. The smallest absolute Gasteiger partial charge is 0.102 e. The molecule has 2 heterocycles. The lowest BCUT2D eigenvalue weighted by atomic mass is 10.1. The SMILES string of the molecule is N#Cc1c2ccccc2n2c1ccc1ccccc12. The van der Waals surface area contributed by atoms with Gasteiger partial charge in [-0.25, -0.2) is 0 Å². The zero-order valence-corrected chi connectivity index (χ0v) is 10.2. The van der Waals surface area contributed by atoms with Gasteiger partial charge in [0.15, 0.2) is 0 Å². The summed E-state index contributed by atoms with van der Waals surface area (Å²) in [6.07, 6.45) is 0. The summed E-state index contributed by atoms with van der Waals surface area (Å²) in [4.78, 5) is 0. The average molecular weight is 242 g/mol. The van der Waals surface area contributed by atoms with Crippen molar-refractivity contribution < 1.29 is 0 Å². The molecule has 2 aromatic carbocycles. The van der Waals surface area contributed by atoms with Crippen LogP contribution in [-0.2, 0) is 0 Å². The van der Waals surface area contributed by atoms with E-state index in [0.717, 1.165) is 27.5 Å². The Balaban J connectivity index is 2.42. The molecule has 0 saturated carbocycles. The van der Waals surface area contributed by atoms with Gasteiger partial charge in [-0.3, -0.25) is 0 Å². The number of fused-ring (bicyclic) bond motifs is 5. The molecule has 88 valence electrons. The summed E-state index contributed by atoms with van der Waals surface area (Å²) >= 11 is 0. The third kappa shape index (κ3) is 1.24. The largest absolute Gasteiger partial charge is 0.308 e. The van der Waals surface area contributed by atoms with E-state index in [-0.39, 0.29) is 0 Å². The van der Waals surface area contributed by atoms with Gasteiger partial charge in [0, 0.05) is 5.39 Å². The van der Waals surface area contributed by atoms with E-state index in [0.29, 0.717) is 0 Å². The molecule has 0 atom stereocenters. The highest BCUT2D eigenvalue weighted by atomic mass is 14.9. The lowest BCUT2D eigenvalue weighted by Gasteiger charge is -2.03. The van der Waals surface area contributed by atoms with Gasteiger partial charge in [0.25, 0.3) is 0 Å². The number of benzene rings is 2. The summed E-state index contributed by atoms with van der Waals surface area (Å²) in [6.45, 7) is 0. The zero-order chi connectivity index (χ0) is 12.8. The van der Waals surface area contributed by atoms with Crippen molar-refractivity contribution in [3.05, 3.63) is 66.2 Å². The summed E-state index contributed by atoms with van der Waals surface area (Å²) < 4.78 is 2.17. The molecule has 0 aliphatic heterocycles. The van der Waals surface area contributed by atoms with E-state index >= 15 is 0 Å². The van der Waals surface area contributed by atoms with Gasteiger partial charge in [0.1, 0.15) is 6.07 Å². The van der Waals surface area contributed by atoms with Crippen molar-refractivity contribution in [2.24, 2.45) is 0 Å². The minimum atomic E-state index is 0.751. The number of nitriles is 1. The molecule has 4 rings (SSSR count). The fourth-order valence-corrected chi connectivity index (χ4v) is 2.80. The van der Waals surface area contributed by atoms with Crippen molar-refractivity contribution in [1.82, 2.24) is 4.40 Å². The second-order valence-electron chi connectivity index (χ2n) is 4.62. The quantitative estimate of drug-likeness (QED) is 0.456. The second-order valence-corrected chi connectivity index (χ2v) is 4.62. The van der Waals surface area contributed by atoms with E-state index < -0.39 is 0 Å². The van der Waals surface area contributed by atoms with Crippen molar-refractivity contribution in [3.8, 4) is 6.07 Å². The molecule has 4 aromatic rings. The molecule has 0 radical (unpaired) electrons. The van der Waals surface area contributed by atoms with Crippen LogP contribution in [0, 0.1) is 11.3 Å². The molecule has 0 spiro atoms. The van der Waals surface area contributed by atoms with Crippen molar-refractivity contribution in [2.45, 2.75) is 0 Å². The fraction of sp³-hybridized carbons (Fsp3) is 0. The molecule has 0 saturated heterocycles. The summed E-state index contributed by atoms with van der Waals surface area (Å²) in [5, 5.41) is 11.6. The van der Waals surface area contributed by atoms with Gasteiger partial charge in [-0.05, 0) is 23.6 Å². The molecule has 2 nitrogen and oxygen atoms in total. The first kappa shape index (κ1) is 10.2. The lowest BCUT2D eigenvalue weighted by molar-refractivity contribution is 1.33. The summed E-state index contributed by atoms with van der Waals surface area (Å²) in [5.74, 6) is 0. The molecule has 2 heteroatoms. The number of rotatable bonds is 0. The first-order valence-electron chi connectivity index (χ1n) is 6.21. The first-order valence-corrected chi connectivity index (χ1v) is 6.21. The molecule has 2 aromatic heterocycles. The van der Waals surface area contributed by atoms with Crippen molar-refractivity contribution in [1.29, 1.82) is 5.26 Å². The van der Waals surface area contributed by atoms with E-state index in [1.807, 2.05) is 36.4 Å². The van der Waals surface area contributed by atoms with Crippen LogP contribution >= 0.6 is 0 Å². The maximum atomic E-state index is 9.43. The standard InChI is InChI=1S/C17H10N2/c18-11-14-13-6-2-4-8-16(13)19-15-7-3-1-5-12(15)9-10-17(14)19/h1-10H. The van der Waals surface area contributed by atoms with Crippen LogP contribution in [0.1, 0.15) is 5.56 Å². The Morgan fingerprint density at radius 3 is 2.32 bits per heavy atom. The van der Waals surface area contributed by atoms with Crippen LogP contribution in [0.5, 0.6) is 0 Å². The molecule has 0 amide bonds. The molecule has 0 aliphatic rings. The topological polar surface area (TPSA) is 28.2 Å². The monoisotopic (exact) mass is 242 g/mol. The van der Waals surface area contributed by atoms with E-state index in [1.54, 1.807) is 0 Å². The minimum Gasteiger partial charge on any atom is -0.308 e. The van der Waals surface area contributed by atoms with E-state index in [1.165, 1.54) is 5.39 Å². The molecule has 0 N–H and O–H groups in total.